The molecule has 1 unspecified atom stereocenters. The van der Waals surface area contributed by atoms with Crippen LogP contribution in [0.25, 0.3) is 0 Å². The molecule has 0 saturated carbocycles. The molecule has 0 radical (unpaired) electrons. The molecule has 20 heavy (non-hydrogen) atoms. The van der Waals surface area contributed by atoms with E-state index in [4.69, 9.17) is 5.11 Å². The number of halogens is 1. The molecule has 1 aliphatic rings. The smallest absolute Gasteiger partial charge is 0.123 e. The zero-order chi connectivity index (χ0) is 14.4. The number of nitrogens with one attached hydrogen (secondary N) is 1. The van der Waals surface area contributed by atoms with Crippen molar-refractivity contribution in [3.05, 3.63) is 29.6 Å². The van der Waals surface area contributed by atoms with Crippen molar-refractivity contribution in [1.82, 2.24) is 5.32 Å². The summed E-state index contributed by atoms with van der Waals surface area (Å²) in [6.07, 6.45) is 3.05. The Hall–Kier alpha value is -1.13. The summed E-state index contributed by atoms with van der Waals surface area (Å²) in [6, 6.07) is 5.06. The van der Waals surface area contributed by atoms with Crippen molar-refractivity contribution < 1.29 is 9.50 Å². The molecule has 2 N–H and O–H groups in total. The minimum absolute atomic E-state index is 0.173. The van der Waals surface area contributed by atoms with Gasteiger partial charge in [-0.1, -0.05) is 6.92 Å². The van der Waals surface area contributed by atoms with Crippen molar-refractivity contribution in [1.29, 1.82) is 0 Å². The maximum absolute atomic E-state index is 13.5. The van der Waals surface area contributed by atoms with Gasteiger partial charge in [0.25, 0.3) is 0 Å². The molecular formula is C16H25FN2O. The second-order valence-corrected chi connectivity index (χ2v) is 5.56. The molecule has 0 spiro atoms. The van der Waals surface area contributed by atoms with Crippen LogP contribution in [-0.2, 0) is 6.54 Å². The van der Waals surface area contributed by atoms with E-state index in [2.05, 4.69) is 17.1 Å². The molecule has 4 heteroatoms. The molecule has 1 heterocycles. The van der Waals surface area contributed by atoms with Gasteiger partial charge in [-0.25, -0.2) is 4.39 Å². The Morgan fingerprint density at radius 3 is 3.05 bits per heavy atom. The van der Waals surface area contributed by atoms with Crippen molar-refractivity contribution >= 4 is 5.69 Å². The maximum atomic E-state index is 13.5. The summed E-state index contributed by atoms with van der Waals surface area (Å²) in [5.74, 6) is 0.384. The van der Waals surface area contributed by atoms with E-state index >= 15 is 0 Å². The van der Waals surface area contributed by atoms with Crippen LogP contribution in [0.1, 0.15) is 31.7 Å². The second-order valence-electron chi connectivity index (χ2n) is 5.56. The lowest BCUT2D eigenvalue weighted by Gasteiger charge is -2.22. The largest absolute Gasteiger partial charge is 0.396 e. The molecule has 1 atom stereocenters. The van der Waals surface area contributed by atoms with Gasteiger partial charge in [0, 0.05) is 31.9 Å². The van der Waals surface area contributed by atoms with Crippen LogP contribution >= 0.6 is 0 Å². The first-order valence-electron chi connectivity index (χ1n) is 7.59. The van der Waals surface area contributed by atoms with Crippen molar-refractivity contribution in [3.8, 4) is 0 Å². The highest BCUT2D eigenvalue weighted by molar-refractivity contribution is 5.54. The van der Waals surface area contributed by atoms with Gasteiger partial charge in [-0.2, -0.15) is 0 Å². The van der Waals surface area contributed by atoms with Crippen LogP contribution < -0.4 is 10.2 Å². The van der Waals surface area contributed by atoms with Gasteiger partial charge in [-0.05, 0) is 55.5 Å². The number of benzene rings is 1. The van der Waals surface area contributed by atoms with Crippen LogP contribution in [0.5, 0.6) is 0 Å². The van der Waals surface area contributed by atoms with Crippen molar-refractivity contribution in [2.75, 3.05) is 31.1 Å². The fraction of sp³-hybridized carbons (Fsp3) is 0.625. The minimum Gasteiger partial charge on any atom is -0.396 e. The number of aliphatic hydroxyl groups is 1. The van der Waals surface area contributed by atoms with Gasteiger partial charge in [0.05, 0.1) is 0 Å². The van der Waals surface area contributed by atoms with Crippen molar-refractivity contribution in [2.24, 2.45) is 5.92 Å². The van der Waals surface area contributed by atoms with E-state index in [0.717, 1.165) is 50.1 Å². The molecule has 1 aromatic carbocycles. The first kappa shape index (κ1) is 15.3. The maximum Gasteiger partial charge on any atom is 0.123 e. The Kier molecular flexibility index (Phi) is 5.80. The number of anilines is 1. The molecule has 1 aliphatic heterocycles. The predicted octanol–water partition coefficient (Wildman–Crippen LogP) is 2.53. The average molecular weight is 280 g/mol. The SMILES string of the molecule is CCCNCc1cc(F)ccc1N1CCC(CCO)C1. The van der Waals surface area contributed by atoms with Crippen LogP contribution in [0.2, 0.25) is 0 Å². The van der Waals surface area contributed by atoms with Gasteiger partial charge in [-0.3, -0.25) is 0 Å². The number of rotatable bonds is 7. The van der Waals surface area contributed by atoms with Crippen LogP contribution in [-0.4, -0.2) is 31.3 Å². The van der Waals surface area contributed by atoms with Crippen LogP contribution in [0.4, 0.5) is 10.1 Å². The quantitative estimate of drug-likeness (QED) is 0.753. The molecule has 1 fully saturated rings. The molecule has 0 amide bonds. The Bertz CT molecular complexity index is 425. The van der Waals surface area contributed by atoms with E-state index in [9.17, 15) is 4.39 Å². The lowest BCUT2D eigenvalue weighted by Crippen LogP contribution is -2.23. The molecule has 1 aromatic rings. The summed E-state index contributed by atoms with van der Waals surface area (Å²) in [4.78, 5) is 2.32. The Labute approximate surface area is 120 Å². The molecule has 2 rings (SSSR count). The summed E-state index contributed by atoms with van der Waals surface area (Å²) in [5.41, 5.74) is 2.17. The first-order valence-corrected chi connectivity index (χ1v) is 7.59. The Balaban J connectivity index is 2.06. The van der Waals surface area contributed by atoms with Gasteiger partial charge in [0.15, 0.2) is 0 Å². The van der Waals surface area contributed by atoms with E-state index in [1.807, 2.05) is 6.07 Å². The third-order valence-electron chi connectivity index (χ3n) is 3.95. The Morgan fingerprint density at radius 1 is 1.45 bits per heavy atom. The summed E-state index contributed by atoms with van der Waals surface area (Å²) < 4.78 is 13.5. The lowest BCUT2D eigenvalue weighted by atomic mass is 10.1. The molecule has 112 valence electrons. The highest BCUT2D eigenvalue weighted by Gasteiger charge is 2.23. The first-order chi connectivity index (χ1) is 9.74. The summed E-state index contributed by atoms with van der Waals surface area (Å²) >= 11 is 0. The highest BCUT2D eigenvalue weighted by Crippen LogP contribution is 2.29. The van der Waals surface area contributed by atoms with Gasteiger partial charge < -0.3 is 15.3 Å². The normalized spacial score (nSPS) is 18.8. The summed E-state index contributed by atoms with van der Waals surface area (Å²) in [6.45, 7) is 6.00. The van der Waals surface area contributed by atoms with Gasteiger partial charge in [0.2, 0.25) is 0 Å². The molecule has 0 bridgehead atoms. The molecule has 0 aromatic heterocycles. The Morgan fingerprint density at radius 2 is 2.30 bits per heavy atom. The van der Waals surface area contributed by atoms with E-state index in [-0.39, 0.29) is 12.4 Å². The van der Waals surface area contributed by atoms with Gasteiger partial charge >= 0.3 is 0 Å². The standard InChI is InChI=1S/C16H25FN2O/c1-2-7-18-11-14-10-15(17)3-4-16(14)19-8-5-13(12-19)6-9-20/h3-4,10,13,18,20H,2,5-9,11-12H2,1H3. The van der Waals surface area contributed by atoms with Crippen molar-refractivity contribution in [3.63, 3.8) is 0 Å². The van der Waals surface area contributed by atoms with Crippen LogP contribution in [0.15, 0.2) is 18.2 Å². The zero-order valence-corrected chi connectivity index (χ0v) is 12.2. The molecule has 0 aliphatic carbocycles. The zero-order valence-electron chi connectivity index (χ0n) is 12.2. The predicted molar refractivity (Wildman–Crippen MR) is 80.4 cm³/mol. The van der Waals surface area contributed by atoms with Crippen LogP contribution in [0.3, 0.4) is 0 Å². The number of nitrogens with zero attached hydrogens (tertiary/aromatic N) is 1. The average Bonchev–Trinajstić information content (AvgIpc) is 2.88. The van der Waals surface area contributed by atoms with Gasteiger partial charge in [0.1, 0.15) is 5.82 Å². The second kappa shape index (κ2) is 7.60. The number of aliphatic hydroxyl groups excluding tert-OH is 1. The van der Waals surface area contributed by atoms with E-state index < -0.39 is 0 Å². The molecular weight excluding hydrogens is 255 g/mol. The monoisotopic (exact) mass is 280 g/mol. The minimum atomic E-state index is -0.173. The van der Waals surface area contributed by atoms with E-state index in [0.29, 0.717) is 12.5 Å². The topological polar surface area (TPSA) is 35.5 Å². The van der Waals surface area contributed by atoms with Gasteiger partial charge in [-0.15, -0.1) is 0 Å². The third-order valence-corrected chi connectivity index (χ3v) is 3.95. The van der Waals surface area contributed by atoms with Crippen LogP contribution in [0, 0.1) is 11.7 Å². The molecule has 1 saturated heterocycles. The van der Waals surface area contributed by atoms with Crippen molar-refractivity contribution in [2.45, 2.75) is 32.7 Å². The third kappa shape index (κ3) is 3.93. The molecule has 3 nitrogen and oxygen atoms in total. The summed E-state index contributed by atoms with van der Waals surface area (Å²) in [7, 11) is 0. The fourth-order valence-corrected chi connectivity index (χ4v) is 2.87. The van der Waals surface area contributed by atoms with E-state index in [1.165, 1.54) is 6.07 Å². The fourth-order valence-electron chi connectivity index (χ4n) is 2.87. The van der Waals surface area contributed by atoms with E-state index in [1.54, 1.807) is 6.07 Å². The highest BCUT2D eigenvalue weighted by atomic mass is 19.1. The number of hydrogen-bond acceptors (Lipinski definition) is 3. The summed E-state index contributed by atoms with van der Waals surface area (Å²) in [5, 5.41) is 12.4. The lowest BCUT2D eigenvalue weighted by molar-refractivity contribution is 0.263. The number of hydrogen-bond donors (Lipinski definition) is 2.